The molecule has 1 aliphatic heterocycles. The summed E-state index contributed by atoms with van der Waals surface area (Å²) < 4.78 is 0. The predicted octanol–water partition coefficient (Wildman–Crippen LogP) is 2.35. The van der Waals surface area contributed by atoms with Crippen LogP contribution in [0.5, 0.6) is 0 Å². The van der Waals surface area contributed by atoms with Gasteiger partial charge in [-0.25, -0.2) is 0 Å². The van der Waals surface area contributed by atoms with Crippen LogP contribution in [0.2, 0.25) is 0 Å². The summed E-state index contributed by atoms with van der Waals surface area (Å²) >= 11 is 0. The van der Waals surface area contributed by atoms with Crippen LogP contribution in [0.4, 0.5) is 0 Å². The molecule has 0 aromatic heterocycles. The number of piperidine rings is 1. The Morgan fingerprint density at radius 2 is 2.20 bits per heavy atom. The van der Waals surface area contributed by atoms with Gasteiger partial charge < -0.3 is 10.2 Å². The van der Waals surface area contributed by atoms with Gasteiger partial charge in [-0.1, -0.05) is 20.8 Å². The summed E-state index contributed by atoms with van der Waals surface area (Å²) in [7, 11) is 0. The van der Waals surface area contributed by atoms with Gasteiger partial charge in [-0.2, -0.15) is 0 Å². The minimum Gasteiger partial charge on any atom is -0.316 e. The third-order valence-corrected chi connectivity index (χ3v) is 3.12. The van der Waals surface area contributed by atoms with Crippen molar-refractivity contribution in [3.05, 3.63) is 0 Å². The fourth-order valence-corrected chi connectivity index (χ4v) is 2.31. The van der Waals surface area contributed by atoms with E-state index in [2.05, 4.69) is 31.0 Å². The van der Waals surface area contributed by atoms with Crippen molar-refractivity contribution in [1.29, 1.82) is 0 Å². The third kappa shape index (κ3) is 6.16. The summed E-state index contributed by atoms with van der Waals surface area (Å²) in [5, 5.41) is 3.51. The molecule has 90 valence electrons. The largest absolute Gasteiger partial charge is 0.316 e. The number of rotatable bonds is 6. The molecule has 0 aliphatic carbocycles. The van der Waals surface area contributed by atoms with E-state index in [1.165, 1.54) is 45.4 Å². The van der Waals surface area contributed by atoms with Crippen molar-refractivity contribution >= 4 is 0 Å². The Morgan fingerprint density at radius 1 is 1.40 bits per heavy atom. The Balaban J connectivity index is 1.95. The first-order valence-electron chi connectivity index (χ1n) is 6.61. The normalized spacial score (nSPS) is 23.6. The van der Waals surface area contributed by atoms with Crippen molar-refractivity contribution in [2.24, 2.45) is 11.8 Å². The lowest BCUT2D eigenvalue weighted by atomic mass is 10.0. The van der Waals surface area contributed by atoms with E-state index in [9.17, 15) is 0 Å². The SMILES string of the molecule is CC(C)CNCCCN1CCCC(C)C1. The van der Waals surface area contributed by atoms with E-state index < -0.39 is 0 Å². The molecule has 0 saturated carbocycles. The first kappa shape index (κ1) is 13.0. The lowest BCUT2D eigenvalue weighted by molar-refractivity contribution is 0.182. The fraction of sp³-hybridized carbons (Fsp3) is 1.00. The summed E-state index contributed by atoms with van der Waals surface area (Å²) in [6.45, 7) is 13.2. The van der Waals surface area contributed by atoms with Gasteiger partial charge in [0.15, 0.2) is 0 Å². The van der Waals surface area contributed by atoms with Crippen LogP contribution >= 0.6 is 0 Å². The monoisotopic (exact) mass is 212 g/mol. The summed E-state index contributed by atoms with van der Waals surface area (Å²) in [5.74, 6) is 1.70. The molecule has 0 aromatic carbocycles. The maximum atomic E-state index is 3.51. The predicted molar refractivity (Wildman–Crippen MR) is 67.2 cm³/mol. The van der Waals surface area contributed by atoms with Crippen LogP contribution in [-0.4, -0.2) is 37.6 Å². The molecule has 1 fully saturated rings. The van der Waals surface area contributed by atoms with Gasteiger partial charge in [0.1, 0.15) is 0 Å². The summed E-state index contributed by atoms with van der Waals surface area (Å²) in [6, 6.07) is 0. The van der Waals surface area contributed by atoms with Crippen LogP contribution in [-0.2, 0) is 0 Å². The molecular weight excluding hydrogens is 184 g/mol. The zero-order valence-electron chi connectivity index (χ0n) is 10.8. The van der Waals surface area contributed by atoms with E-state index in [4.69, 9.17) is 0 Å². The van der Waals surface area contributed by atoms with Crippen LogP contribution in [0, 0.1) is 11.8 Å². The Bertz CT molecular complexity index is 157. The van der Waals surface area contributed by atoms with Crippen LogP contribution in [0.15, 0.2) is 0 Å². The van der Waals surface area contributed by atoms with Crippen LogP contribution < -0.4 is 5.32 Å². The smallest absolute Gasteiger partial charge is 0.000703 e. The molecule has 1 saturated heterocycles. The zero-order valence-corrected chi connectivity index (χ0v) is 10.8. The van der Waals surface area contributed by atoms with Gasteiger partial charge >= 0.3 is 0 Å². The van der Waals surface area contributed by atoms with Crippen LogP contribution in [0.25, 0.3) is 0 Å². The first-order valence-corrected chi connectivity index (χ1v) is 6.61. The summed E-state index contributed by atoms with van der Waals surface area (Å²) in [6.07, 6.45) is 4.14. The van der Waals surface area contributed by atoms with Gasteiger partial charge in [0.25, 0.3) is 0 Å². The van der Waals surface area contributed by atoms with E-state index in [0.29, 0.717) is 0 Å². The standard InChI is InChI=1S/C13H28N2/c1-12(2)10-14-7-5-9-15-8-4-6-13(3)11-15/h12-14H,4-11H2,1-3H3. The zero-order chi connectivity index (χ0) is 11.1. The molecule has 1 unspecified atom stereocenters. The molecular formula is C13H28N2. The molecule has 1 rings (SSSR count). The molecule has 15 heavy (non-hydrogen) atoms. The van der Waals surface area contributed by atoms with Crippen molar-refractivity contribution in [2.45, 2.75) is 40.0 Å². The third-order valence-electron chi connectivity index (χ3n) is 3.12. The van der Waals surface area contributed by atoms with E-state index in [0.717, 1.165) is 18.4 Å². The summed E-state index contributed by atoms with van der Waals surface area (Å²) in [4.78, 5) is 2.63. The van der Waals surface area contributed by atoms with Gasteiger partial charge in [0.05, 0.1) is 0 Å². The molecule has 0 bridgehead atoms. The molecule has 2 heteroatoms. The second kappa shape index (κ2) is 7.24. The van der Waals surface area contributed by atoms with Crippen molar-refractivity contribution in [3.63, 3.8) is 0 Å². The average Bonchev–Trinajstić information content (AvgIpc) is 2.17. The lowest BCUT2D eigenvalue weighted by Crippen LogP contribution is -2.36. The highest BCUT2D eigenvalue weighted by Gasteiger charge is 2.14. The van der Waals surface area contributed by atoms with Crippen molar-refractivity contribution < 1.29 is 0 Å². The van der Waals surface area contributed by atoms with Crippen molar-refractivity contribution in [3.8, 4) is 0 Å². The molecule has 0 spiro atoms. The minimum absolute atomic E-state index is 0.778. The second-order valence-electron chi connectivity index (χ2n) is 5.50. The fourth-order valence-electron chi connectivity index (χ4n) is 2.31. The topological polar surface area (TPSA) is 15.3 Å². The quantitative estimate of drug-likeness (QED) is 0.680. The number of likely N-dealkylation sites (tertiary alicyclic amines) is 1. The molecule has 1 heterocycles. The average molecular weight is 212 g/mol. The molecule has 1 atom stereocenters. The number of hydrogen-bond acceptors (Lipinski definition) is 2. The van der Waals surface area contributed by atoms with Crippen molar-refractivity contribution in [1.82, 2.24) is 10.2 Å². The Morgan fingerprint density at radius 3 is 2.87 bits per heavy atom. The summed E-state index contributed by atoms with van der Waals surface area (Å²) in [5.41, 5.74) is 0. The van der Waals surface area contributed by atoms with Crippen LogP contribution in [0.3, 0.4) is 0 Å². The highest BCUT2D eigenvalue weighted by molar-refractivity contribution is 4.69. The first-order chi connectivity index (χ1) is 7.18. The van der Waals surface area contributed by atoms with Gasteiger partial charge in [-0.3, -0.25) is 0 Å². The van der Waals surface area contributed by atoms with E-state index >= 15 is 0 Å². The molecule has 0 radical (unpaired) electrons. The maximum Gasteiger partial charge on any atom is 0.000703 e. The molecule has 1 N–H and O–H groups in total. The highest BCUT2D eigenvalue weighted by atomic mass is 15.1. The second-order valence-corrected chi connectivity index (χ2v) is 5.50. The molecule has 0 aromatic rings. The van der Waals surface area contributed by atoms with Gasteiger partial charge in [0, 0.05) is 6.54 Å². The lowest BCUT2D eigenvalue weighted by Gasteiger charge is -2.30. The van der Waals surface area contributed by atoms with Gasteiger partial charge in [-0.05, 0) is 57.3 Å². The van der Waals surface area contributed by atoms with Crippen molar-refractivity contribution in [2.75, 3.05) is 32.7 Å². The Labute approximate surface area is 95.4 Å². The minimum atomic E-state index is 0.778. The maximum absolute atomic E-state index is 3.51. The number of nitrogens with one attached hydrogen (secondary N) is 1. The van der Waals surface area contributed by atoms with Gasteiger partial charge in [-0.15, -0.1) is 0 Å². The molecule has 0 amide bonds. The molecule has 2 nitrogen and oxygen atoms in total. The van der Waals surface area contributed by atoms with Crippen LogP contribution in [0.1, 0.15) is 40.0 Å². The number of nitrogens with zero attached hydrogens (tertiary/aromatic N) is 1. The number of hydrogen-bond donors (Lipinski definition) is 1. The molecule has 1 aliphatic rings. The Hall–Kier alpha value is -0.0800. The van der Waals surface area contributed by atoms with E-state index in [1.807, 2.05) is 0 Å². The van der Waals surface area contributed by atoms with Gasteiger partial charge in [0.2, 0.25) is 0 Å². The Kier molecular flexibility index (Phi) is 6.26. The highest BCUT2D eigenvalue weighted by Crippen LogP contribution is 2.15. The van der Waals surface area contributed by atoms with E-state index in [1.54, 1.807) is 0 Å². The van der Waals surface area contributed by atoms with E-state index in [-0.39, 0.29) is 0 Å².